The Morgan fingerprint density at radius 3 is 2.35 bits per heavy atom. The highest BCUT2D eigenvalue weighted by Gasteiger charge is 2.63. The van der Waals surface area contributed by atoms with Crippen LogP contribution < -0.4 is 0 Å². The number of quaternary nitrogens is 1. The summed E-state index contributed by atoms with van der Waals surface area (Å²) < 4.78 is 12.7. The van der Waals surface area contributed by atoms with Gasteiger partial charge in [-0.25, -0.2) is 0 Å². The van der Waals surface area contributed by atoms with Crippen LogP contribution in [-0.2, 0) is 18.9 Å². The van der Waals surface area contributed by atoms with Gasteiger partial charge < -0.3 is 13.7 Å². The molecule has 0 aliphatic carbocycles. The summed E-state index contributed by atoms with van der Waals surface area (Å²) in [5.74, 6) is 1.12. The molecule has 0 amide bonds. The SMILES string of the molecule is CC(/C=C/I)=C\[B-]12OC(=O)C[N+]1(C)CC(=O)O2. The summed E-state index contributed by atoms with van der Waals surface area (Å²) in [5.41, 5.74) is 0.910. The van der Waals surface area contributed by atoms with Gasteiger partial charge in [0.1, 0.15) is 13.1 Å². The average Bonchev–Trinajstić information content (AvgIpc) is 2.48. The molecule has 0 aromatic carbocycles. The zero-order chi connectivity index (χ0) is 12.7. The lowest BCUT2D eigenvalue weighted by Gasteiger charge is -2.37. The van der Waals surface area contributed by atoms with Gasteiger partial charge in [0, 0.05) is 7.05 Å². The van der Waals surface area contributed by atoms with Crippen molar-refractivity contribution in [2.75, 3.05) is 20.1 Å². The number of hydrogen-bond acceptors (Lipinski definition) is 4. The third-order valence-electron chi connectivity index (χ3n) is 3.25. The minimum atomic E-state index is -2.02. The number of rotatable bonds is 2. The molecule has 2 aliphatic heterocycles. The lowest BCUT2D eigenvalue weighted by molar-refractivity contribution is -0.791. The van der Waals surface area contributed by atoms with Gasteiger partial charge in [0.05, 0.1) is 0 Å². The van der Waals surface area contributed by atoms with Crippen LogP contribution in [0.1, 0.15) is 6.92 Å². The molecule has 0 N–H and O–H groups in total. The number of nitrogens with zero attached hydrogens (tertiary/aromatic N) is 1. The third-order valence-corrected chi connectivity index (χ3v) is 3.61. The molecule has 0 aromatic heterocycles. The maximum absolute atomic E-state index is 11.5. The summed E-state index contributed by atoms with van der Waals surface area (Å²) in [5, 5.41) is 0. The molecule has 5 nitrogen and oxygen atoms in total. The topological polar surface area (TPSA) is 52.6 Å². The Hall–Kier alpha value is -0.825. The van der Waals surface area contributed by atoms with Crippen molar-refractivity contribution >= 4 is 41.2 Å². The Morgan fingerprint density at radius 2 is 1.88 bits per heavy atom. The first-order valence-electron chi connectivity index (χ1n) is 5.30. The maximum Gasteiger partial charge on any atom is 0.607 e. The van der Waals surface area contributed by atoms with Gasteiger partial charge in [0.25, 0.3) is 0 Å². The largest absolute Gasteiger partial charge is 0.607 e. The fraction of sp³-hybridized carbons (Fsp3) is 0.400. The monoisotopic (exact) mass is 349 g/mol. The average molecular weight is 349 g/mol. The van der Waals surface area contributed by atoms with Gasteiger partial charge in [-0.2, -0.15) is 0 Å². The van der Waals surface area contributed by atoms with Gasteiger partial charge in [0.2, 0.25) is 0 Å². The molecule has 92 valence electrons. The van der Waals surface area contributed by atoms with Crippen molar-refractivity contribution in [2.24, 2.45) is 0 Å². The Bertz CT molecular complexity index is 426. The van der Waals surface area contributed by atoms with Crippen LogP contribution in [0.25, 0.3) is 0 Å². The second kappa shape index (κ2) is 4.13. The number of carbonyl (C=O) groups excluding carboxylic acids is 2. The standard InChI is InChI=1S/C10H13BINO4/c1-8(3-4-12)5-11-13(2,6-9(14)16-11)7-10(15)17-11/h3-5H,6-7H2,1-2H3/b4-3+,8-5+. The van der Waals surface area contributed by atoms with Crippen molar-refractivity contribution in [3.63, 3.8) is 0 Å². The van der Waals surface area contributed by atoms with Crippen LogP contribution in [0.5, 0.6) is 0 Å². The van der Waals surface area contributed by atoms with Gasteiger partial charge in [-0.3, -0.25) is 9.59 Å². The first-order valence-corrected chi connectivity index (χ1v) is 6.54. The molecule has 7 heteroatoms. The van der Waals surface area contributed by atoms with Gasteiger partial charge in [-0.1, -0.05) is 40.2 Å². The smallest absolute Gasteiger partial charge is 0.596 e. The molecular formula is C10H13BINO4. The molecule has 0 aromatic rings. The number of fused-ring (bicyclic) bond motifs is 1. The molecule has 2 fully saturated rings. The molecule has 2 saturated heterocycles. The highest BCUT2D eigenvalue weighted by molar-refractivity contribution is 14.1. The summed E-state index contributed by atoms with van der Waals surface area (Å²) in [7, 11) is 1.81. The fourth-order valence-electron chi connectivity index (χ4n) is 2.37. The predicted molar refractivity (Wildman–Crippen MR) is 70.8 cm³/mol. The van der Waals surface area contributed by atoms with E-state index in [9.17, 15) is 9.59 Å². The van der Waals surface area contributed by atoms with E-state index < -0.39 is 6.69 Å². The summed E-state index contributed by atoms with van der Waals surface area (Å²) in [4.78, 5) is 22.9. The number of hydrogen-bond donors (Lipinski definition) is 0. The summed E-state index contributed by atoms with van der Waals surface area (Å²) in [6.45, 7) is 0.236. The molecular weight excluding hydrogens is 336 g/mol. The Morgan fingerprint density at radius 1 is 1.35 bits per heavy atom. The van der Waals surface area contributed by atoms with Gasteiger partial charge in [-0.05, 0) is 11.0 Å². The number of carbonyl (C=O) groups is 2. The first kappa shape index (κ1) is 12.6. The minimum absolute atomic E-state index is 0.184. The van der Waals surface area contributed by atoms with E-state index in [0.717, 1.165) is 5.57 Å². The molecule has 0 unspecified atom stereocenters. The van der Waals surface area contributed by atoms with E-state index in [1.807, 2.05) is 24.1 Å². The van der Waals surface area contributed by atoms with Crippen molar-refractivity contribution in [3.8, 4) is 0 Å². The van der Waals surface area contributed by atoms with E-state index in [0.29, 0.717) is 0 Å². The molecule has 17 heavy (non-hydrogen) atoms. The van der Waals surface area contributed by atoms with Crippen LogP contribution in [0.2, 0.25) is 0 Å². The first-order chi connectivity index (χ1) is 7.91. The normalized spacial score (nSPS) is 37.2. The second-order valence-corrected chi connectivity index (χ2v) is 5.43. The Labute approximate surface area is 113 Å². The minimum Gasteiger partial charge on any atom is -0.596 e. The maximum atomic E-state index is 11.5. The quantitative estimate of drug-likeness (QED) is 0.423. The zero-order valence-electron chi connectivity index (χ0n) is 9.68. The Kier molecular flexibility index (Phi) is 3.07. The lowest BCUT2D eigenvalue weighted by atomic mass is 9.67. The van der Waals surface area contributed by atoms with E-state index in [4.69, 9.17) is 9.31 Å². The molecule has 2 aliphatic rings. The van der Waals surface area contributed by atoms with Crippen LogP contribution in [0, 0.1) is 0 Å². The van der Waals surface area contributed by atoms with Crippen LogP contribution in [-0.4, -0.2) is 43.2 Å². The molecule has 2 rings (SSSR count). The summed E-state index contributed by atoms with van der Waals surface area (Å²) in [6, 6.07) is 0. The van der Waals surface area contributed by atoms with Gasteiger partial charge >= 0.3 is 18.6 Å². The van der Waals surface area contributed by atoms with E-state index in [-0.39, 0.29) is 29.4 Å². The number of allylic oxidation sites excluding steroid dienone is 2. The zero-order valence-corrected chi connectivity index (χ0v) is 11.8. The second-order valence-electron chi connectivity index (χ2n) is 4.71. The van der Waals surface area contributed by atoms with Gasteiger partial charge in [-0.15, -0.1) is 0 Å². The molecule has 0 bridgehead atoms. The van der Waals surface area contributed by atoms with Crippen molar-refractivity contribution in [1.29, 1.82) is 0 Å². The van der Waals surface area contributed by atoms with Crippen LogP contribution in [0.15, 0.2) is 21.7 Å². The fourth-order valence-corrected chi connectivity index (χ4v) is 2.93. The molecule has 0 radical (unpaired) electrons. The number of likely N-dealkylation sites (N-methyl/N-ethyl adjacent to an activating group) is 1. The van der Waals surface area contributed by atoms with Crippen molar-refractivity contribution < 1.29 is 23.3 Å². The molecule has 0 saturated carbocycles. The van der Waals surface area contributed by atoms with Crippen molar-refractivity contribution in [2.45, 2.75) is 6.92 Å². The Balaban J connectivity index is 2.42. The van der Waals surface area contributed by atoms with Gasteiger partial charge in [0.15, 0.2) is 0 Å². The van der Waals surface area contributed by atoms with Crippen molar-refractivity contribution in [1.82, 2.24) is 0 Å². The highest BCUT2D eigenvalue weighted by Crippen LogP contribution is 2.35. The molecule has 0 spiro atoms. The lowest BCUT2D eigenvalue weighted by Crippen LogP contribution is -2.59. The van der Waals surface area contributed by atoms with Crippen LogP contribution in [0.3, 0.4) is 0 Å². The van der Waals surface area contributed by atoms with E-state index >= 15 is 0 Å². The molecule has 2 heterocycles. The van der Waals surface area contributed by atoms with Crippen LogP contribution in [0.4, 0.5) is 0 Å². The summed E-state index contributed by atoms with van der Waals surface area (Å²) >= 11 is 2.10. The van der Waals surface area contributed by atoms with Crippen molar-refractivity contribution in [3.05, 3.63) is 21.7 Å². The highest BCUT2D eigenvalue weighted by atomic mass is 127. The van der Waals surface area contributed by atoms with E-state index in [1.165, 1.54) is 0 Å². The van der Waals surface area contributed by atoms with E-state index in [2.05, 4.69) is 22.6 Å². The summed E-state index contributed by atoms with van der Waals surface area (Å²) in [6.07, 6.45) is 1.87. The predicted octanol–water partition coefficient (Wildman–Crippen LogP) is 0.920. The molecule has 0 atom stereocenters. The third kappa shape index (κ3) is 2.01. The number of halogens is 1. The van der Waals surface area contributed by atoms with E-state index in [1.54, 1.807) is 5.98 Å². The van der Waals surface area contributed by atoms with Crippen LogP contribution >= 0.6 is 22.6 Å².